The third kappa shape index (κ3) is 4.99. The summed E-state index contributed by atoms with van der Waals surface area (Å²) in [5.41, 5.74) is 4.38. The Kier molecular flexibility index (Phi) is 6.78. The minimum atomic E-state index is 0.214. The Morgan fingerprint density at radius 3 is 2.47 bits per heavy atom. The molecular formula is C28H31N7O3. The number of amides is 1. The maximum atomic E-state index is 12.1. The quantitative estimate of drug-likeness (QED) is 0.381. The Bertz CT molecular complexity index is 1410. The summed E-state index contributed by atoms with van der Waals surface area (Å²) in [6.45, 7) is 5.36. The Balaban J connectivity index is 1.32. The van der Waals surface area contributed by atoms with Crippen LogP contribution < -0.4 is 15.0 Å². The smallest absolute Gasteiger partial charge is 0.222 e. The van der Waals surface area contributed by atoms with E-state index in [1.165, 1.54) is 5.69 Å². The zero-order valence-corrected chi connectivity index (χ0v) is 21.5. The number of aromatic nitrogens is 4. The number of carbonyl (C=O) groups excluding carboxylic acids is 1. The van der Waals surface area contributed by atoms with Crippen LogP contribution in [-0.2, 0) is 16.1 Å². The second-order valence-corrected chi connectivity index (χ2v) is 9.49. The van der Waals surface area contributed by atoms with Gasteiger partial charge in [0.05, 0.1) is 26.7 Å². The van der Waals surface area contributed by atoms with Crippen LogP contribution in [-0.4, -0.2) is 76.8 Å². The number of nitrogens with one attached hydrogen (secondary N) is 1. The summed E-state index contributed by atoms with van der Waals surface area (Å²) >= 11 is 0. The van der Waals surface area contributed by atoms with Crippen molar-refractivity contribution in [3.05, 3.63) is 54.9 Å². The van der Waals surface area contributed by atoms with Gasteiger partial charge < -0.3 is 29.2 Å². The number of likely N-dealkylation sites (tertiary alicyclic amines) is 1. The van der Waals surface area contributed by atoms with Gasteiger partial charge in [-0.1, -0.05) is 0 Å². The zero-order valence-electron chi connectivity index (χ0n) is 21.5. The molecule has 1 N–H and O–H groups in total. The van der Waals surface area contributed by atoms with E-state index in [4.69, 9.17) is 19.4 Å². The summed E-state index contributed by atoms with van der Waals surface area (Å²) < 4.78 is 12.8. The van der Waals surface area contributed by atoms with Crippen molar-refractivity contribution in [1.29, 1.82) is 0 Å². The molecule has 4 aromatic rings. The predicted octanol–water partition coefficient (Wildman–Crippen LogP) is 3.70. The number of benzene rings is 2. The lowest BCUT2D eigenvalue weighted by Crippen LogP contribution is -2.36. The van der Waals surface area contributed by atoms with Gasteiger partial charge in [0.1, 0.15) is 5.75 Å². The SMILES string of the molecule is COc1ccc(-c2nc(Nc3ccc(N4CCOCC4)cc3)c3ncn(CCN4CCCC4=O)c3n2)cc1. The number of methoxy groups -OCH3 is 1. The number of nitrogens with zero attached hydrogens (tertiary/aromatic N) is 6. The zero-order chi connectivity index (χ0) is 25.9. The molecule has 2 aliphatic rings. The summed E-state index contributed by atoms with van der Waals surface area (Å²) in [6.07, 6.45) is 3.34. The molecule has 2 fully saturated rings. The number of rotatable bonds is 8. The first kappa shape index (κ1) is 24.2. The maximum Gasteiger partial charge on any atom is 0.222 e. The Labute approximate surface area is 221 Å². The van der Waals surface area contributed by atoms with Crippen LogP contribution in [0.25, 0.3) is 22.6 Å². The second-order valence-electron chi connectivity index (χ2n) is 9.49. The summed E-state index contributed by atoms with van der Waals surface area (Å²) in [5, 5.41) is 3.47. The van der Waals surface area contributed by atoms with Crippen molar-refractivity contribution in [3.8, 4) is 17.1 Å². The Morgan fingerprint density at radius 2 is 1.76 bits per heavy atom. The van der Waals surface area contributed by atoms with Crippen LogP contribution in [0.15, 0.2) is 54.9 Å². The molecule has 0 spiro atoms. The van der Waals surface area contributed by atoms with Crippen molar-refractivity contribution in [2.75, 3.05) is 56.7 Å². The molecule has 0 unspecified atom stereocenters. The van der Waals surface area contributed by atoms with E-state index in [1.54, 1.807) is 13.4 Å². The highest BCUT2D eigenvalue weighted by atomic mass is 16.5. The van der Waals surface area contributed by atoms with Crippen molar-refractivity contribution in [2.45, 2.75) is 19.4 Å². The molecule has 4 heterocycles. The van der Waals surface area contributed by atoms with E-state index >= 15 is 0 Å². The lowest BCUT2D eigenvalue weighted by molar-refractivity contribution is -0.127. The summed E-state index contributed by atoms with van der Waals surface area (Å²) in [5.74, 6) is 2.21. The average Bonchev–Trinajstić information content (AvgIpc) is 3.58. The van der Waals surface area contributed by atoms with E-state index in [-0.39, 0.29) is 5.91 Å². The third-order valence-electron chi connectivity index (χ3n) is 7.10. The molecule has 6 rings (SSSR count). The van der Waals surface area contributed by atoms with Crippen LogP contribution in [0.5, 0.6) is 5.75 Å². The highest BCUT2D eigenvalue weighted by Crippen LogP contribution is 2.29. The molecule has 10 heteroatoms. The number of morpholine rings is 1. The highest BCUT2D eigenvalue weighted by molar-refractivity contribution is 5.87. The largest absolute Gasteiger partial charge is 0.497 e. The van der Waals surface area contributed by atoms with Gasteiger partial charge in [-0.2, -0.15) is 0 Å². The van der Waals surface area contributed by atoms with Crippen molar-refractivity contribution >= 4 is 34.3 Å². The standard InChI is InChI=1S/C28H31N7O3/c1-37-23-10-4-20(5-11-23)26-31-27(30-21-6-8-22(9-7-21)33-15-17-38-18-16-33)25-28(32-26)35(19-29-25)14-13-34-12-2-3-24(34)36/h4-11,19H,2-3,12-18H2,1H3,(H,30,31,32). The second kappa shape index (κ2) is 10.7. The van der Waals surface area contributed by atoms with Crippen LogP contribution in [0.4, 0.5) is 17.2 Å². The van der Waals surface area contributed by atoms with E-state index in [2.05, 4.69) is 39.5 Å². The predicted molar refractivity (Wildman–Crippen MR) is 146 cm³/mol. The third-order valence-corrected chi connectivity index (χ3v) is 7.10. The Hall–Kier alpha value is -4.18. The van der Waals surface area contributed by atoms with E-state index in [1.807, 2.05) is 33.7 Å². The van der Waals surface area contributed by atoms with Crippen molar-refractivity contribution in [3.63, 3.8) is 0 Å². The maximum absolute atomic E-state index is 12.1. The average molecular weight is 514 g/mol. The van der Waals surface area contributed by atoms with Crippen LogP contribution >= 0.6 is 0 Å². The lowest BCUT2D eigenvalue weighted by Gasteiger charge is -2.28. The van der Waals surface area contributed by atoms with E-state index in [9.17, 15) is 4.79 Å². The van der Waals surface area contributed by atoms with Gasteiger partial charge in [-0.25, -0.2) is 15.0 Å². The highest BCUT2D eigenvalue weighted by Gasteiger charge is 2.21. The van der Waals surface area contributed by atoms with Crippen molar-refractivity contribution in [1.82, 2.24) is 24.4 Å². The van der Waals surface area contributed by atoms with Gasteiger partial charge in [0.2, 0.25) is 5.91 Å². The molecular weight excluding hydrogens is 482 g/mol. The molecule has 2 saturated heterocycles. The first-order valence-electron chi connectivity index (χ1n) is 13.0. The summed E-state index contributed by atoms with van der Waals surface area (Å²) in [6, 6.07) is 16.0. The molecule has 2 aliphatic heterocycles. The number of imidazole rings is 1. The van der Waals surface area contributed by atoms with Gasteiger partial charge in [-0.05, 0) is 55.0 Å². The number of carbonyl (C=O) groups is 1. The molecule has 0 radical (unpaired) electrons. The number of hydrogen-bond donors (Lipinski definition) is 1. The van der Waals surface area contributed by atoms with Crippen LogP contribution in [0.1, 0.15) is 12.8 Å². The molecule has 0 atom stereocenters. The van der Waals surface area contributed by atoms with Crippen molar-refractivity contribution in [2.24, 2.45) is 0 Å². The fraction of sp³-hybridized carbons (Fsp3) is 0.357. The number of fused-ring (bicyclic) bond motifs is 1. The van der Waals surface area contributed by atoms with Gasteiger partial charge in [0.15, 0.2) is 22.8 Å². The lowest BCUT2D eigenvalue weighted by atomic mass is 10.2. The molecule has 196 valence electrons. The first-order valence-corrected chi connectivity index (χ1v) is 13.0. The monoisotopic (exact) mass is 513 g/mol. The fourth-order valence-corrected chi connectivity index (χ4v) is 4.95. The minimum Gasteiger partial charge on any atom is -0.497 e. The van der Waals surface area contributed by atoms with Gasteiger partial charge in [0.25, 0.3) is 0 Å². The molecule has 0 bridgehead atoms. The molecule has 2 aromatic heterocycles. The normalized spacial score (nSPS) is 15.9. The molecule has 10 nitrogen and oxygen atoms in total. The van der Waals surface area contributed by atoms with E-state index in [0.717, 1.165) is 61.9 Å². The van der Waals surface area contributed by atoms with Crippen LogP contribution in [0.3, 0.4) is 0 Å². The molecule has 38 heavy (non-hydrogen) atoms. The number of ether oxygens (including phenoxy) is 2. The molecule has 0 aliphatic carbocycles. The van der Waals surface area contributed by atoms with Crippen LogP contribution in [0, 0.1) is 0 Å². The Morgan fingerprint density at radius 1 is 0.974 bits per heavy atom. The minimum absolute atomic E-state index is 0.214. The van der Waals surface area contributed by atoms with Gasteiger partial charge in [-0.15, -0.1) is 0 Å². The number of anilines is 3. The van der Waals surface area contributed by atoms with Gasteiger partial charge >= 0.3 is 0 Å². The summed E-state index contributed by atoms with van der Waals surface area (Å²) in [7, 11) is 1.65. The first-order chi connectivity index (χ1) is 18.7. The van der Waals surface area contributed by atoms with Gasteiger partial charge in [-0.3, -0.25) is 4.79 Å². The fourth-order valence-electron chi connectivity index (χ4n) is 4.95. The van der Waals surface area contributed by atoms with Crippen LogP contribution in [0.2, 0.25) is 0 Å². The van der Waals surface area contributed by atoms with Crippen molar-refractivity contribution < 1.29 is 14.3 Å². The molecule has 1 amide bonds. The van der Waals surface area contributed by atoms with E-state index < -0.39 is 0 Å². The molecule has 0 saturated carbocycles. The summed E-state index contributed by atoms with van der Waals surface area (Å²) in [4.78, 5) is 30.8. The molecule has 2 aromatic carbocycles. The number of hydrogen-bond acceptors (Lipinski definition) is 8. The topological polar surface area (TPSA) is 97.6 Å². The van der Waals surface area contributed by atoms with Gasteiger partial charge in [0, 0.05) is 56.1 Å². The van der Waals surface area contributed by atoms with E-state index in [0.29, 0.717) is 36.7 Å².